The highest BCUT2D eigenvalue weighted by Gasteiger charge is 2.51. The van der Waals surface area contributed by atoms with Gasteiger partial charge in [-0.15, -0.1) is 0 Å². The lowest BCUT2D eigenvalue weighted by molar-refractivity contribution is -0.0203. The molecule has 3 nitrogen and oxygen atoms in total. The Bertz CT molecular complexity index is 224. The molecule has 4 aliphatic rings. The van der Waals surface area contributed by atoms with Crippen molar-refractivity contribution in [3.05, 3.63) is 0 Å². The van der Waals surface area contributed by atoms with Crippen LogP contribution in [-0.4, -0.2) is 12.6 Å². The summed E-state index contributed by atoms with van der Waals surface area (Å²) in [4.78, 5) is 0. The summed E-state index contributed by atoms with van der Waals surface area (Å²) in [6.45, 7) is 0. The Morgan fingerprint density at radius 1 is 1.00 bits per heavy atom. The molecule has 0 heterocycles. The lowest BCUT2D eigenvalue weighted by Crippen LogP contribution is -2.56. The molecule has 3 heteroatoms. The third-order valence-electron chi connectivity index (χ3n) is 4.43. The van der Waals surface area contributed by atoms with E-state index in [1.165, 1.54) is 38.5 Å². The van der Waals surface area contributed by atoms with Gasteiger partial charge in [-0.05, 0) is 56.3 Å². The molecule has 0 aromatic heterocycles. The Hall–Kier alpha value is -0.600. The number of hydrogen-bond donors (Lipinski definition) is 1. The van der Waals surface area contributed by atoms with Gasteiger partial charge in [0.2, 0.25) is 0 Å². The van der Waals surface area contributed by atoms with Gasteiger partial charge in [0.1, 0.15) is 0 Å². The molecule has 1 N–H and O–H groups in total. The highest BCUT2D eigenvalue weighted by atomic mass is 15.4. The molecule has 78 valence electrons. The van der Waals surface area contributed by atoms with E-state index in [2.05, 4.69) is 15.8 Å². The van der Waals surface area contributed by atoms with Gasteiger partial charge >= 0.3 is 0 Å². The zero-order valence-electron chi connectivity index (χ0n) is 8.87. The van der Waals surface area contributed by atoms with Gasteiger partial charge in [-0.25, -0.2) is 0 Å². The maximum Gasteiger partial charge on any atom is 0.0573 e. The highest BCUT2D eigenvalue weighted by molar-refractivity contribution is 5.05. The zero-order valence-corrected chi connectivity index (χ0v) is 8.87. The molecule has 4 fully saturated rings. The van der Waals surface area contributed by atoms with E-state index >= 15 is 0 Å². The van der Waals surface area contributed by atoms with Crippen molar-refractivity contribution in [2.75, 3.05) is 7.05 Å². The van der Waals surface area contributed by atoms with Crippen LogP contribution >= 0.6 is 0 Å². The summed E-state index contributed by atoms with van der Waals surface area (Å²) in [5, 5.41) is 7.86. The van der Waals surface area contributed by atoms with E-state index in [1.807, 2.05) is 0 Å². The summed E-state index contributed by atoms with van der Waals surface area (Å²) >= 11 is 0. The SMILES string of the molecule is CN=NNC12CC3CC(CC(C3)C1)C2. The molecule has 0 aromatic rings. The number of nitrogens with one attached hydrogen (secondary N) is 1. The average Bonchev–Trinajstić information content (AvgIpc) is 2.12. The van der Waals surface area contributed by atoms with Crippen LogP contribution in [0.4, 0.5) is 0 Å². The van der Waals surface area contributed by atoms with Crippen molar-refractivity contribution in [1.82, 2.24) is 5.43 Å². The fourth-order valence-electron chi connectivity index (χ4n) is 4.40. The molecule has 0 saturated heterocycles. The lowest BCUT2D eigenvalue weighted by atomic mass is 9.53. The first-order valence-electron chi connectivity index (χ1n) is 5.86. The van der Waals surface area contributed by atoms with Crippen LogP contribution in [0.1, 0.15) is 38.5 Å². The summed E-state index contributed by atoms with van der Waals surface area (Å²) in [6.07, 6.45) is 8.51. The molecule has 0 radical (unpaired) electrons. The van der Waals surface area contributed by atoms with Crippen molar-refractivity contribution in [1.29, 1.82) is 0 Å². The van der Waals surface area contributed by atoms with Crippen LogP contribution in [0.15, 0.2) is 10.3 Å². The molecule has 4 saturated carbocycles. The third-order valence-corrected chi connectivity index (χ3v) is 4.43. The van der Waals surface area contributed by atoms with Gasteiger partial charge in [0.05, 0.1) is 12.6 Å². The largest absolute Gasteiger partial charge is 0.286 e. The molecule has 4 bridgehead atoms. The second-order valence-electron chi connectivity index (χ2n) is 5.61. The van der Waals surface area contributed by atoms with Crippen LogP contribution in [0.3, 0.4) is 0 Å². The molecule has 0 aromatic carbocycles. The van der Waals surface area contributed by atoms with Gasteiger partial charge in [-0.3, -0.25) is 5.43 Å². The molecule has 4 rings (SSSR count). The number of nitrogens with zero attached hydrogens (tertiary/aromatic N) is 2. The van der Waals surface area contributed by atoms with Crippen LogP contribution in [0.25, 0.3) is 0 Å². The first kappa shape index (κ1) is 8.69. The summed E-state index contributed by atoms with van der Waals surface area (Å²) < 4.78 is 0. The molecule has 0 unspecified atom stereocenters. The molecular formula is C11H19N3. The van der Waals surface area contributed by atoms with Gasteiger partial charge in [-0.2, -0.15) is 5.11 Å². The van der Waals surface area contributed by atoms with Crippen molar-refractivity contribution >= 4 is 0 Å². The standard InChI is InChI=1S/C11H19N3/c1-12-14-13-11-5-8-2-9(6-11)4-10(3-8)7-11/h8-10H,2-7H2,1H3,(H,12,13). The van der Waals surface area contributed by atoms with E-state index in [9.17, 15) is 0 Å². The maximum absolute atomic E-state index is 4.04. The summed E-state index contributed by atoms with van der Waals surface area (Å²) in [5.74, 6) is 2.96. The van der Waals surface area contributed by atoms with Gasteiger partial charge < -0.3 is 0 Å². The fourth-order valence-corrected chi connectivity index (χ4v) is 4.40. The lowest BCUT2D eigenvalue weighted by Gasteiger charge is -2.56. The number of rotatable bonds is 2. The normalized spacial score (nSPS) is 50.2. The van der Waals surface area contributed by atoms with Crippen molar-refractivity contribution < 1.29 is 0 Å². The summed E-state index contributed by atoms with van der Waals surface area (Å²) in [6, 6.07) is 0. The van der Waals surface area contributed by atoms with Gasteiger partial charge in [0, 0.05) is 0 Å². The Balaban J connectivity index is 1.80. The van der Waals surface area contributed by atoms with Crippen molar-refractivity contribution in [3.63, 3.8) is 0 Å². The van der Waals surface area contributed by atoms with Crippen LogP contribution in [0.2, 0.25) is 0 Å². The Morgan fingerprint density at radius 2 is 1.50 bits per heavy atom. The van der Waals surface area contributed by atoms with E-state index in [-0.39, 0.29) is 0 Å². The molecule has 0 spiro atoms. The van der Waals surface area contributed by atoms with E-state index < -0.39 is 0 Å². The van der Waals surface area contributed by atoms with Gasteiger partial charge in [-0.1, -0.05) is 5.22 Å². The smallest absolute Gasteiger partial charge is 0.0573 e. The molecule has 4 aliphatic carbocycles. The third kappa shape index (κ3) is 1.25. The van der Waals surface area contributed by atoms with E-state index in [4.69, 9.17) is 0 Å². The minimum Gasteiger partial charge on any atom is -0.286 e. The van der Waals surface area contributed by atoms with E-state index in [1.54, 1.807) is 7.05 Å². The van der Waals surface area contributed by atoms with Crippen LogP contribution < -0.4 is 5.43 Å². The Labute approximate surface area is 85.3 Å². The monoisotopic (exact) mass is 193 g/mol. The molecular weight excluding hydrogens is 174 g/mol. The van der Waals surface area contributed by atoms with Crippen molar-refractivity contribution in [2.45, 2.75) is 44.1 Å². The molecule has 14 heavy (non-hydrogen) atoms. The predicted molar refractivity (Wildman–Crippen MR) is 54.8 cm³/mol. The zero-order chi connectivity index (χ0) is 9.60. The molecule has 0 aliphatic heterocycles. The first-order chi connectivity index (χ1) is 6.80. The van der Waals surface area contributed by atoms with Gasteiger partial charge in [0.25, 0.3) is 0 Å². The van der Waals surface area contributed by atoms with Crippen LogP contribution in [0.5, 0.6) is 0 Å². The molecule has 0 amide bonds. The second-order valence-corrected chi connectivity index (χ2v) is 5.61. The van der Waals surface area contributed by atoms with Gasteiger partial charge in [0.15, 0.2) is 0 Å². The average molecular weight is 193 g/mol. The topological polar surface area (TPSA) is 36.8 Å². The molecule has 0 atom stereocenters. The van der Waals surface area contributed by atoms with E-state index in [0.29, 0.717) is 5.54 Å². The van der Waals surface area contributed by atoms with Crippen LogP contribution in [0, 0.1) is 17.8 Å². The number of hydrogen-bond acceptors (Lipinski definition) is 2. The van der Waals surface area contributed by atoms with Crippen LogP contribution in [-0.2, 0) is 0 Å². The Kier molecular flexibility index (Phi) is 1.83. The maximum atomic E-state index is 4.04. The predicted octanol–water partition coefficient (Wildman–Crippen LogP) is 2.54. The summed E-state index contributed by atoms with van der Waals surface area (Å²) in [5.41, 5.74) is 3.68. The Morgan fingerprint density at radius 3 is 1.93 bits per heavy atom. The summed E-state index contributed by atoms with van der Waals surface area (Å²) in [7, 11) is 1.74. The quantitative estimate of drug-likeness (QED) is 0.531. The van der Waals surface area contributed by atoms with Crippen molar-refractivity contribution in [2.24, 2.45) is 28.1 Å². The minimum absolute atomic E-state index is 0.342. The fraction of sp³-hybridized carbons (Fsp3) is 1.00. The first-order valence-corrected chi connectivity index (χ1v) is 5.86. The van der Waals surface area contributed by atoms with Crippen molar-refractivity contribution in [3.8, 4) is 0 Å². The minimum atomic E-state index is 0.342. The van der Waals surface area contributed by atoms with E-state index in [0.717, 1.165) is 17.8 Å². The second kappa shape index (κ2) is 2.94. The highest BCUT2D eigenvalue weighted by Crippen LogP contribution is 2.55.